The Balaban J connectivity index is 1.57. The molecule has 158 valence electrons. The molecule has 5 heteroatoms. The minimum Gasteiger partial charge on any atom is -0.348 e. The van der Waals surface area contributed by atoms with Crippen molar-refractivity contribution < 1.29 is 9.59 Å². The van der Waals surface area contributed by atoms with Crippen molar-refractivity contribution in [3.63, 3.8) is 0 Å². The van der Waals surface area contributed by atoms with Gasteiger partial charge in [0.05, 0.1) is 5.41 Å². The fraction of sp³-hybridized carbons (Fsp3) is 0.440. The Morgan fingerprint density at radius 3 is 2.43 bits per heavy atom. The predicted molar refractivity (Wildman–Crippen MR) is 118 cm³/mol. The second-order valence-corrected chi connectivity index (χ2v) is 9.21. The Bertz CT molecular complexity index is 956. The minimum absolute atomic E-state index is 0.0439. The molecule has 2 atom stereocenters. The highest BCUT2D eigenvalue weighted by Gasteiger charge is 2.58. The summed E-state index contributed by atoms with van der Waals surface area (Å²) < 4.78 is 0. The van der Waals surface area contributed by atoms with Crippen molar-refractivity contribution in [2.75, 3.05) is 40.3 Å². The van der Waals surface area contributed by atoms with E-state index in [0.717, 1.165) is 29.8 Å². The van der Waals surface area contributed by atoms with E-state index >= 15 is 0 Å². The summed E-state index contributed by atoms with van der Waals surface area (Å²) in [5, 5.41) is 0. The average molecular weight is 406 g/mol. The van der Waals surface area contributed by atoms with Gasteiger partial charge in [0, 0.05) is 58.3 Å². The van der Waals surface area contributed by atoms with Crippen molar-refractivity contribution in [1.82, 2.24) is 14.7 Å². The first-order valence-electron chi connectivity index (χ1n) is 10.6. The van der Waals surface area contributed by atoms with E-state index in [9.17, 15) is 9.59 Å². The number of benzene rings is 2. The molecule has 2 aliphatic rings. The summed E-state index contributed by atoms with van der Waals surface area (Å²) >= 11 is 0. The average Bonchev–Trinajstić information content (AvgIpc) is 3.22. The molecule has 0 saturated carbocycles. The lowest BCUT2D eigenvalue weighted by molar-refractivity contribution is -0.139. The molecule has 0 aliphatic carbocycles. The maximum Gasteiger partial charge on any atom is 0.254 e. The number of aryl methyl sites for hydroxylation is 2. The number of carbonyl (C=O) groups is 2. The number of amides is 2. The van der Waals surface area contributed by atoms with E-state index in [1.54, 1.807) is 4.90 Å². The quantitative estimate of drug-likeness (QED) is 0.786. The summed E-state index contributed by atoms with van der Waals surface area (Å²) in [6.45, 7) is 7.52. The molecule has 2 aliphatic heterocycles. The molecule has 2 fully saturated rings. The van der Waals surface area contributed by atoms with Crippen LogP contribution in [0.15, 0.2) is 48.5 Å². The van der Waals surface area contributed by atoms with Crippen molar-refractivity contribution in [3.8, 4) is 0 Å². The zero-order valence-corrected chi connectivity index (χ0v) is 18.4. The third-order valence-electron chi connectivity index (χ3n) is 6.66. The van der Waals surface area contributed by atoms with Crippen LogP contribution in [0.4, 0.5) is 0 Å². The van der Waals surface area contributed by atoms with E-state index in [1.165, 1.54) is 5.56 Å². The third kappa shape index (κ3) is 3.63. The summed E-state index contributed by atoms with van der Waals surface area (Å²) in [6, 6.07) is 16.3. The van der Waals surface area contributed by atoms with Gasteiger partial charge in [-0.15, -0.1) is 0 Å². The van der Waals surface area contributed by atoms with Gasteiger partial charge >= 0.3 is 0 Å². The van der Waals surface area contributed by atoms with Crippen LogP contribution in [0.25, 0.3) is 0 Å². The second-order valence-electron chi connectivity index (χ2n) is 9.21. The third-order valence-corrected chi connectivity index (χ3v) is 6.66. The standard InChI is InChI=1S/C25H31N3O2/c1-18-10-11-22(19(2)12-18)23(29)28-15-21-14-27(13-20-8-6-5-7-9-20)16-25(21,17-28)24(30)26(3)4/h5-12,21H,13-17H2,1-4H3. The highest BCUT2D eigenvalue weighted by atomic mass is 16.2. The van der Waals surface area contributed by atoms with Crippen molar-refractivity contribution in [3.05, 3.63) is 70.8 Å². The van der Waals surface area contributed by atoms with Crippen LogP contribution in [0.1, 0.15) is 27.0 Å². The number of nitrogens with zero attached hydrogens (tertiary/aromatic N) is 3. The van der Waals surface area contributed by atoms with Crippen LogP contribution in [-0.2, 0) is 11.3 Å². The van der Waals surface area contributed by atoms with Gasteiger partial charge in [-0.25, -0.2) is 0 Å². The maximum atomic E-state index is 13.3. The van der Waals surface area contributed by atoms with Crippen LogP contribution >= 0.6 is 0 Å². The molecular formula is C25H31N3O2. The SMILES string of the molecule is Cc1ccc(C(=O)N2CC3CN(Cc4ccccc4)CC3(C(=O)N(C)C)C2)c(C)c1. The van der Waals surface area contributed by atoms with E-state index in [0.29, 0.717) is 19.6 Å². The Morgan fingerprint density at radius 1 is 1.03 bits per heavy atom. The number of hydrogen-bond donors (Lipinski definition) is 0. The molecule has 0 radical (unpaired) electrons. The van der Waals surface area contributed by atoms with Crippen LogP contribution in [0.3, 0.4) is 0 Å². The highest BCUT2D eigenvalue weighted by molar-refractivity contribution is 5.97. The molecule has 0 spiro atoms. The Labute approximate surface area is 179 Å². The molecule has 2 aromatic carbocycles. The lowest BCUT2D eigenvalue weighted by Crippen LogP contribution is -2.47. The molecular weight excluding hydrogens is 374 g/mol. The fourth-order valence-corrected chi connectivity index (χ4v) is 5.26. The topological polar surface area (TPSA) is 43.9 Å². The summed E-state index contributed by atoms with van der Waals surface area (Å²) in [6.07, 6.45) is 0. The lowest BCUT2D eigenvalue weighted by Gasteiger charge is -2.31. The van der Waals surface area contributed by atoms with Gasteiger partial charge in [-0.3, -0.25) is 14.5 Å². The first-order valence-corrected chi connectivity index (χ1v) is 10.6. The number of rotatable bonds is 4. The summed E-state index contributed by atoms with van der Waals surface area (Å²) in [5.41, 5.74) is 3.63. The van der Waals surface area contributed by atoms with Crippen molar-refractivity contribution >= 4 is 11.8 Å². The first kappa shape index (κ1) is 20.6. The monoisotopic (exact) mass is 405 g/mol. The Hall–Kier alpha value is -2.66. The van der Waals surface area contributed by atoms with Crippen LogP contribution in [0, 0.1) is 25.2 Å². The normalized spacial score (nSPS) is 23.5. The summed E-state index contributed by atoms with van der Waals surface area (Å²) in [5.74, 6) is 0.340. The van der Waals surface area contributed by atoms with E-state index in [-0.39, 0.29) is 17.7 Å². The predicted octanol–water partition coefficient (Wildman–Crippen LogP) is 2.97. The zero-order valence-electron chi connectivity index (χ0n) is 18.4. The minimum atomic E-state index is -0.521. The molecule has 0 N–H and O–H groups in total. The van der Waals surface area contributed by atoms with Crippen molar-refractivity contribution in [2.45, 2.75) is 20.4 Å². The second kappa shape index (κ2) is 7.88. The Kier molecular flexibility index (Phi) is 5.41. The van der Waals surface area contributed by atoms with Gasteiger partial charge in [-0.2, -0.15) is 0 Å². The van der Waals surface area contributed by atoms with Gasteiger partial charge in [0.25, 0.3) is 5.91 Å². The van der Waals surface area contributed by atoms with Gasteiger partial charge in [0.15, 0.2) is 0 Å². The lowest BCUT2D eigenvalue weighted by atomic mass is 9.79. The molecule has 4 rings (SSSR count). The van der Waals surface area contributed by atoms with Gasteiger partial charge < -0.3 is 9.80 Å². The van der Waals surface area contributed by atoms with Crippen LogP contribution in [-0.4, -0.2) is 66.8 Å². The molecule has 2 amide bonds. The summed E-state index contributed by atoms with van der Waals surface area (Å²) in [4.78, 5) is 32.6. The van der Waals surface area contributed by atoms with Crippen LogP contribution in [0.2, 0.25) is 0 Å². The fourth-order valence-electron chi connectivity index (χ4n) is 5.26. The molecule has 5 nitrogen and oxygen atoms in total. The number of hydrogen-bond acceptors (Lipinski definition) is 3. The molecule has 2 aromatic rings. The van der Waals surface area contributed by atoms with Gasteiger partial charge in [0.1, 0.15) is 0 Å². The van der Waals surface area contributed by atoms with Crippen LogP contribution < -0.4 is 0 Å². The Morgan fingerprint density at radius 2 is 1.77 bits per heavy atom. The van der Waals surface area contributed by atoms with Gasteiger partial charge in [0.2, 0.25) is 5.91 Å². The van der Waals surface area contributed by atoms with E-state index < -0.39 is 5.41 Å². The number of fused-ring (bicyclic) bond motifs is 1. The maximum absolute atomic E-state index is 13.3. The largest absolute Gasteiger partial charge is 0.348 e. The molecule has 0 aromatic heterocycles. The zero-order chi connectivity index (χ0) is 21.5. The molecule has 0 bridgehead atoms. The molecule has 30 heavy (non-hydrogen) atoms. The van der Waals surface area contributed by atoms with E-state index in [1.807, 2.05) is 57.1 Å². The molecule has 2 unspecified atom stereocenters. The number of carbonyl (C=O) groups excluding carboxylic acids is 2. The first-order chi connectivity index (χ1) is 14.3. The van der Waals surface area contributed by atoms with Crippen molar-refractivity contribution in [1.29, 1.82) is 0 Å². The molecule has 2 saturated heterocycles. The van der Waals surface area contributed by atoms with E-state index in [4.69, 9.17) is 0 Å². The number of likely N-dealkylation sites (tertiary alicyclic amines) is 2. The highest BCUT2D eigenvalue weighted by Crippen LogP contribution is 2.44. The van der Waals surface area contributed by atoms with Gasteiger partial charge in [-0.05, 0) is 31.0 Å². The van der Waals surface area contributed by atoms with Crippen molar-refractivity contribution in [2.24, 2.45) is 11.3 Å². The smallest absolute Gasteiger partial charge is 0.254 e. The summed E-state index contributed by atoms with van der Waals surface area (Å²) in [7, 11) is 3.64. The van der Waals surface area contributed by atoms with Crippen LogP contribution in [0.5, 0.6) is 0 Å². The molecule has 2 heterocycles. The van der Waals surface area contributed by atoms with E-state index in [2.05, 4.69) is 29.2 Å². The van der Waals surface area contributed by atoms with Gasteiger partial charge in [-0.1, -0.05) is 48.0 Å².